The van der Waals surface area contributed by atoms with Gasteiger partial charge < -0.3 is 0 Å². The second-order valence-corrected chi connectivity index (χ2v) is 13.1. The van der Waals surface area contributed by atoms with E-state index in [9.17, 15) is 0 Å². The lowest BCUT2D eigenvalue weighted by Crippen LogP contribution is -2.40. The molecule has 0 unspecified atom stereocenters. The molecular formula is C23H42Si. The molecule has 0 nitrogen and oxygen atoms in total. The largest absolute Gasteiger partial charge is 0.0806 e. The Balaban J connectivity index is 1.90. The minimum absolute atomic E-state index is 1.18. The van der Waals surface area contributed by atoms with E-state index in [-0.39, 0.29) is 0 Å². The monoisotopic (exact) mass is 346 g/mol. The average Bonchev–Trinajstić information content (AvgIpc) is 2.60. The van der Waals surface area contributed by atoms with Crippen molar-refractivity contribution in [2.45, 2.75) is 110 Å². The molecule has 0 spiro atoms. The Morgan fingerprint density at radius 3 is 1.46 bits per heavy atom. The van der Waals surface area contributed by atoms with Crippen LogP contribution in [0.5, 0.6) is 0 Å². The topological polar surface area (TPSA) is 0 Å². The summed E-state index contributed by atoms with van der Waals surface area (Å²) in [5, 5.41) is 1.63. The van der Waals surface area contributed by atoms with Gasteiger partial charge in [0.1, 0.15) is 0 Å². The molecular weight excluding hydrogens is 304 g/mol. The highest BCUT2D eigenvalue weighted by Crippen LogP contribution is 2.17. The van der Waals surface area contributed by atoms with Crippen molar-refractivity contribution in [1.82, 2.24) is 0 Å². The molecule has 0 heterocycles. The van der Waals surface area contributed by atoms with Gasteiger partial charge in [0.25, 0.3) is 0 Å². The maximum absolute atomic E-state index is 2.53. The van der Waals surface area contributed by atoms with Crippen molar-refractivity contribution in [3.05, 3.63) is 30.3 Å². The maximum Gasteiger partial charge on any atom is 0.0806 e. The van der Waals surface area contributed by atoms with Crippen LogP contribution < -0.4 is 5.19 Å². The van der Waals surface area contributed by atoms with Crippen LogP contribution in [0.2, 0.25) is 19.1 Å². The van der Waals surface area contributed by atoms with Crippen LogP contribution in [0.4, 0.5) is 0 Å². The van der Waals surface area contributed by atoms with E-state index in [4.69, 9.17) is 0 Å². The molecule has 0 aliphatic heterocycles. The summed E-state index contributed by atoms with van der Waals surface area (Å²) in [5.41, 5.74) is 0. The van der Waals surface area contributed by atoms with Crippen molar-refractivity contribution in [2.75, 3.05) is 0 Å². The predicted octanol–water partition coefficient (Wildman–Crippen LogP) is 7.69. The van der Waals surface area contributed by atoms with Gasteiger partial charge in [-0.15, -0.1) is 0 Å². The Morgan fingerprint density at radius 2 is 1.00 bits per heavy atom. The fourth-order valence-corrected chi connectivity index (χ4v) is 6.14. The fraction of sp³-hybridized carbons (Fsp3) is 0.739. The summed E-state index contributed by atoms with van der Waals surface area (Å²) in [4.78, 5) is 0. The van der Waals surface area contributed by atoms with E-state index in [0.717, 1.165) is 0 Å². The lowest BCUT2D eigenvalue weighted by molar-refractivity contribution is 0.542. The second-order valence-electron chi connectivity index (χ2n) is 8.24. The van der Waals surface area contributed by atoms with Gasteiger partial charge in [0, 0.05) is 0 Å². The zero-order chi connectivity index (χ0) is 17.5. The van der Waals surface area contributed by atoms with E-state index < -0.39 is 8.07 Å². The molecule has 0 saturated heterocycles. The number of rotatable bonds is 15. The number of unbranched alkanes of at least 4 members (excludes halogenated alkanes) is 12. The molecule has 0 saturated carbocycles. The summed E-state index contributed by atoms with van der Waals surface area (Å²) in [7, 11) is -1.18. The Morgan fingerprint density at radius 1 is 0.583 bits per heavy atom. The van der Waals surface area contributed by atoms with Crippen LogP contribution in [-0.2, 0) is 0 Å². The first kappa shape index (κ1) is 21.5. The number of hydrogen-bond donors (Lipinski definition) is 0. The van der Waals surface area contributed by atoms with Gasteiger partial charge in [-0.25, -0.2) is 0 Å². The molecule has 0 aromatic heterocycles. The first-order valence-corrected chi connectivity index (χ1v) is 13.9. The average molecular weight is 347 g/mol. The molecule has 0 atom stereocenters. The zero-order valence-corrected chi connectivity index (χ0v) is 17.8. The summed E-state index contributed by atoms with van der Waals surface area (Å²) in [5.74, 6) is 0. The molecule has 1 aromatic rings. The van der Waals surface area contributed by atoms with Crippen molar-refractivity contribution in [3.8, 4) is 0 Å². The standard InChI is InChI=1S/C23H42Si/c1-4-5-6-7-8-9-10-11-12-13-14-15-19-22-24(2,3)23-20-17-16-18-21-23/h16-18,20-21H,4-15,19,22H2,1-3H3. The summed E-state index contributed by atoms with van der Waals surface area (Å²) in [6.07, 6.45) is 18.9. The quantitative estimate of drug-likeness (QED) is 0.225. The van der Waals surface area contributed by atoms with Crippen molar-refractivity contribution >= 4 is 13.3 Å². The van der Waals surface area contributed by atoms with Crippen LogP contribution >= 0.6 is 0 Å². The minimum Gasteiger partial charge on any atom is -0.0654 e. The highest BCUT2D eigenvalue weighted by molar-refractivity contribution is 6.89. The van der Waals surface area contributed by atoms with Gasteiger partial charge in [0.15, 0.2) is 0 Å². The normalized spacial score (nSPS) is 11.8. The molecule has 138 valence electrons. The molecule has 24 heavy (non-hydrogen) atoms. The van der Waals surface area contributed by atoms with Crippen LogP contribution in [0.1, 0.15) is 90.4 Å². The first-order valence-electron chi connectivity index (χ1n) is 10.7. The maximum atomic E-state index is 2.53. The van der Waals surface area contributed by atoms with Crippen LogP contribution in [-0.4, -0.2) is 8.07 Å². The molecule has 0 bridgehead atoms. The van der Waals surface area contributed by atoms with E-state index in [1.54, 1.807) is 5.19 Å². The van der Waals surface area contributed by atoms with Crippen LogP contribution in [0.3, 0.4) is 0 Å². The van der Waals surface area contributed by atoms with Crippen molar-refractivity contribution < 1.29 is 0 Å². The first-order chi connectivity index (χ1) is 11.7. The molecule has 0 aliphatic rings. The van der Waals surface area contributed by atoms with E-state index in [2.05, 4.69) is 50.3 Å². The van der Waals surface area contributed by atoms with Gasteiger partial charge in [-0.3, -0.25) is 0 Å². The van der Waals surface area contributed by atoms with Crippen molar-refractivity contribution in [1.29, 1.82) is 0 Å². The lowest BCUT2D eigenvalue weighted by Gasteiger charge is -2.22. The molecule has 1 aromatic carbocycles. The molecule has 0 fully saturated rings. The lowest BCUT2D eigenvalue weighted by atomic mass is 10.1. The van der Waals surface area contributed by atoms with Gasteiger partial charge in [-0.05, 0) is 0 Å². The highest BCUT2D eigenvalue weighted by Gasteiger charge is 2.21. The predicted molar refractivity (Wildman–Crippen MR) is 114 cm³/mol. The third-order valence-electron chi connectivity index (χ3n) is 5.46. The van der Waals surface area contributed by atoms with Gasteiger partial charge in [0.2, 0.25) is 0 Å². The Kier molecular flexibility index (Phi) is 12.3. The third-order valence-corrected chi connectivity index (χ3v) is 8.96. The number of hydrogen-bond acceptors (Lipinski definition) is 0. The second kappa shape index (κ2) is 13.7. The van der Waals surface area contributed by atoms with E-state index in [1.165, 1.54) is 89.5 Å². The van der Waals surface area contributed by atoms with Crippen LogP contribution in [0, 0.1) is 0 Å². The summed E-state index contributed by atoms with van der Waals surface area (Å²) >= 11 is 0. The van der Waals surface area contributed by atoms with Gasteiger partial charge in [0.05, 0.1) is 8.07 Å². The zero-order valence-electron chi connectivity index (χ0n) is 16.8. The Bertz CT molecular complexity index is 382. The summed E-state index contributed by atoms with van der Waals surface area (Å²) in [6, 6.07) is 12.7. The van der Waals surface area contributed by atoms with Gasteiger partial charge >= 0.3 is 0 Å². The van der Waals surface area contributed by atoms with Gasteiger partial charge in [-0.1, -0.05) is 145 Å². The van der Waals surface area contributed by atoms with Crippen LogP contribution in [0.15, 0.2) is 30.3 Å². The SMILES string of the molecule is CCCCCCCCCCCCCCC[Si](C)(C)c1ccccc1. The van der Waals surface area contributed by atoms with E-state index in [0.29, 0.717) is 0 Å². The van der Waals surface area contributed by atoms with E-state index >= 15 is 0 Å². The molecule has 0 radical (unpaired) electrons. The fourth-order valence-electron chi connectivity index (χ4n) is 3.62. The minimum atomic E-state index is -1.18. The van der Waals surface area contributed by atoms with Crippen LogP contribution in [0.25, 0.3) is 0 Å². The number of benzene rings is 1. The summed E-state index contributed by atoms with van der Waals surface area (Å²) < 4.78 is 0. The molecule has 1 heteroatoms. The van der Waals surface area contributed by atoms with E-state index in [1.807, 2.05) is 0 Å². The highest BCUT2D eigenvalue weighted by atomic mass is 28.3. The Hall–Kier alpha value is -0.563. The third kappa shape index (κ3) is 10.3. The molecule has 1 rings (SSSR count). The smallest absolute Gasteiger partial charge is 0.0654 e. The van der Waals surface area contributed by atoms with Crippen molar-refractivity contribution in [3.63, 3.8) is 0 Å². The summed E-state index contributed by atoms with van der Waals surface area (Å²) in [6.45, 7) is 7.36. The van der Waals surface area contributed by atoms with Gasteiger partial charge in [-0.2, -0.15) is 0 Å². The van der Waals surface area contributed by atoms with Crippen molar-refractivity contribution in [2.24, 2.45) is 0 Å². The molecule has 0 aliphatic carbocycles. The molecule has 0 N–H and O–H groups in total. The molecule has 0 amide bonds. The Labute approximate surface area is 153 Å².